The minimum atomic E-state index is -3.65. The van der Waals surface area contributed by atoms with Crippen LogP contribution in [0.3, 0.4) is 0 Å². The first kappa shape index (κ1) is 23.2. The summed E-state index contributed by atoms with van der Waals surface area (Å²) < 4.78 is 43.9. The molecule has 0 fully saturated rings. The van der Waals surface area contributed by atoms with Crippen molar-refractivity contribution in [2.75, 3.05) is 20.3 Å². The summed E-state index contributed by atoms with van der Waals surface area (Å²) in [5, 5.41) is 5.16. The zero-order chi connectivity index (χ0) is 21.4. The third-order valence-electron chi connectivity index (χ3n) is 3.55. The second-order valence-electron chi connectivity index (χ2n) is 5.54. The molecular weight excluding hydrogens is 429 g/mol. The van der Waals surface area contributed by atoms with E-state index in [4.69, 9.17) is 9.05 Å². The Morgan fingerprint density at radius 2 is 2.10 bits per heavy atom. The van der Waals surface area contributed by atoms with Crippen LogP contribution in [0.5, 0.6) is 0 Å². The number of carbonyl (C=O) groups is 3. The quantitative estimate of drug-likeness (QED) is 0.382. The summed E-state index contributed by atoms with van der Waals surface area (Å²) in [4.78, 5) is 33.8. The summed E-state index contributed by atoms with van der Waals surface area (Å²) in [6.07, 6.45) is -2.75. The van der Waals surface area contributed by atoms with E-state index in [0.29, 0.717) is 22.8 Å². The molecule has 2 atom stereocenters. The second kappa shape index (κ2) is 10.7. The average molecular weight is 448 g/mol. The molecule has 1 aromatic heterocycles. The van der Waals surface area contributed by atoms with Crippen LogP contribution in [0.4, 0.5) is 8.78 Å². The number of fused-ring (bicyclic) bond motifs is 1. The first-order chi connectivity index (χ1) is 13.8. The number of carbonyl (C=O) groups excluding carboxylic acids is 3. The Labute approximate surface area is 170 Å². The number of alkyl halides is 2. The lowest BCUT2D eigenvalue weighted by atomic mass is 10.1. The van der Waals surface area contributed by atoms with Crippen molar-refractivity contribution in [2.45, 2.75) is 19.1 Å². The predicted molar refractivity (Wildman–Crippen MR) is 104 cm³/mol. The summed E-state index contributed by atoms with van der Waals surface area (Å²) in [5.74, 6) is -0.556. The van der Waals surface area contributed by atoms with Crippen LogP contribution < -0.4 is 10.6 Å². The fraction of sp³-hybridized carbons (Fsp3) is 0.353. The van der Waals surface area contributed by atoms with E-state index in [1.54, 1.807) is 6.92 Å². The van der Waals surface area contributed by atoms with Crippen LogP contribution in [0, 0.1) is 0 Å². The molecule has 2 amide bonds. The molecule has 0 spiro atoms. The Morgan fingerprint density at radius 1 is 1.34 bits per heavy atom. The first-order valence-corrected chi connectivity index (χ1v) is 10.3. The van der Waals surface area contributed by atoms with Gasteiger partial charge in [0.2, 0.25) is 6.41 Å². The number of hydrogen-bond acceptors (Lipinski definition) is 7. The van der Waals surface area contributed by atoms with E-state index in [0.717, 1.165) is 11.3 Å². The minimum absolute atomic E-state index is 0.0559. The van der Waals surface area contributed by atoms with Gasteiger partial charge in [0.25, 0.3) is 5.91 Å². The number of nitrogens with one attached hydrogen (secondary N) is 2. The number of aldehydes is 1. The van der Waals surface area contributed by atoms with Gasteiger partial charge in [0.05, 0.1) is 17.0 Å². The van der Waals surface area contributed by atoms with Crippen molar-refractivity contribution < 1.29 is 36.7 Å². The van der Waals surface area contributed by atoms with E-state index in [9.17, 15) is 23.2 Å². The van der Waals surface area contributed by atoms with E-state index in [-0.39, 0.29) is 18.0 Å². The van der Waals surface area contributed by atoms with Crippen molar-refractivity contribution in [3.8, 4) is 0 Å². The number of hydrogen-bond donors (Lipinski definition) is 2. The molecule has 2 N–H and O–H groups in total. The molecule has 0 radical (unpaired) electrons. The number of amides is 2. The van der Waals surface area contributed by atoms with Crippen LogP contribution in [0.25, 0.3) is 10.1 Å². The van der Waals surface area contributed by atoms with Gasteiger partial charge in [-0.25, -0.2) is 4.52 Å². The largest absolute Gasteiger partial charge is 0.389 e. The van der Waals surface area contributed by atoms with Crippen LogP contribution >= 0.6 is 19.9 Å². The molecule has 0 aliphatic carbocycles. The molecule has 8 nitrogen and oxygen atoms in total. The van der Waals surface area contributed by atoms with Crippen LogP contribution in [-0.4, -0.2) is 44.9 Å². The summed E-state index contributed by atoms with van der Waals surface area (Å²) in [6, 6.07) is 4.38. The Morgan fingerprint density at radius 3 is 2.72 bits per heavy atom. The lowest BCUT2D eigenvalue weighted by molar-refractivity contribution is -0.192. The van der Waals surface area contributed by atoms with Gasteiger partial charge in [-0.1, -0.05) is 0 Å². The van der Waals surface area contributed by atoms with Gasteiger partial charge < -0.3 is 24.5 Å². The highest BCUT2D eigenvalue weighted by atomic mass is 32.1. The smallest absolute Gasteiger partial charge is 0.356 e. The van der Waals surface area contributed by atoms with Crippen LogP contribution in [-0.2, 0) is 29.3 Å². The number of halogens is 2. The maximum absolute atomic E-state index is 14.4. The van der Waals surface area contributed by atoms with Gasteiger partial charge in [-0.2, -0.15) is 8.78 Å². The van der Waals surface area contributed by atoms with Gasteiger partial charge in [-0.05, 0) is 36.6 Å². The molecule has 0 aliphatic heterocycles. The Balaban J connectivity index is 2.19. The Bertz CT molecular complexity index is 866. The molecule has 29 heavy (non-hydrogen) atoms. The lowest BCUT2D eigenvalue weighted by Crippen LogP contribution is -2.42. The summed E-state index contributed by atoms with van der Waals surface area (Å²) >= 11 is 1.08. The number of benzene rings is 1. The molecule has 12 heteroatoms. The normalized spacial score (nSPS) is 13.7. The molecule has 0 saturated heterocycles. The fourth-order valence-electron chi connectivity index (χ4n) is 2.25. The zero-order valence-corrected chi connectivity index (χ0v) is 17.2. The van der Waals surface area contributed by atoms with Crippen LogP contribution in [0.1, 0.15) is 22.2 Å². The van der Waals surface area contributed by atoms with E-state index in [1.165, 1.54) is 31.4 Å². The molecule has 2 rings (SSSR count). The van der Waals surface area contributed by atoms with Gasteiger partial charge >= 0.3 is 14.7 Å². The standard InChI is InChI=1S/C17H19F2N2O6PS/c1-3-26-28(25-2)27-17(18,19)12-4-5-14-11(6-12)7-15(29-14)16(24)21-13(9-22)8-20-10-23/h4-7,9-10,13H,3,8H2,1-2H3,(H,20,23)(H,21,24). The molecule has 1 heterocycles. The fourth-order valence-corrected chi connectivity index (χ4v) is 3.93. The third-order valence-corrected chi connectivity index (χ3v) is 5.81. The maximum atomic E-state index is 14.4. The monoisotopic (exact) mass is 448 g/mol. The van der Waals surface area contributed by atoms with Gasteiger partial charge in [-0.15, -0.1) is 11.3 Å². The molecule has 0 bridgehead atoms. The van der Waals surface area contributed by atoms with Gasteiger partial charge in [-0.3, -0.25) is 9.59 Å². The van der Waals surface area contributed by atoms with Crippen molar-refractivity contribution in [1.29, 1.82) is 0 Å². The number of thiophene rings is 1. The zero-order valence-electron chi connectivity index (χ0n) is 15.5. The van der Waals surface area contributed by atoms with Crippen molar-refractivity contribution in [3.05, 3.63) is 34.7 Å². The van der Waals surface area contributed by atoms with E-state index >= 15 is 0 Å². The van der Waals surface area contributed by atoms with Crippen molar-refractivity contribution in [2.24, 2.45) is 0 Å². The van der Waals surface area contributed by atoms with Crippen LogP contribution in [0.2, 0.25) is 0 Å². The molecule has 0 saturated carbocycles. The molecule has 158 valence electrons. The third kappa shape index (κ3) is 6.22. The van der Waals surface area contributed by atoms with Crippen molar-refractivity contribution in [1.82, 2.24) is 10.6 Å². The molecular formula is C17H19F2N2O6PS. The number of rotatable bonds is 12. The summed E-state index contributed by atoms with van der Waals surface area (Å²) in [5.41, 5.74) is -0.417. The second-order valence-corrected chi connectivity index (χ2v) is 7.87. The maximum Gasteiger partial charge on any atom is 0.389 e. The van der Waals surface area contributed by atoms with Gasteiger partial charge in [0, 0.05) is 18.4 Å². The van der Waals surface area contributed by atoms with Gasteiger partial charge in [0.1, 0.15) is 12.3 Å². The van der Waals surface area contributed by atoms with Crippen LogP contribution in [0.15, 0.2) is 24.3 Å². The Kier molecular flexibility index (Phi) is 8.54. The SMILES string of the molecule is CCOP(OC)OC(F)(F)c1ccc2sc(C(=O)NC(C=O)CNC=O)cc2c1. The highest BCUT2D eigenvalue weighted by Crippen LogP contribution is 2.48. The van der Waals surface area contributed by atoms with Crippen molar-refractivity contribution in [3.63, 3.8) is 0 Å². The average Bonchev–Trinajstić information content (AvgIpc) is 3.14. The molecule has 2 unspecified atom stereocenters. The molecule has 2 aromatic rings. The lowest BCUT2D eigenvalue weighted by Gasteiger charge is -2.21. The first-order valence-electron chi connectivity index (χ1n) is 8.36. The molecule has 1 aromatic carbocycles. The summed E-state index contributed by atoms with van der Waals surface area (Å²) in [6.45, 7) is 1.73. The van der Waals surface area contributed by atoms with E-state index in [2.05, 4.69) is 15.2 Å². The Hall–Kier alpha value is -2.04. The topological polar surface area (TPSA) is 103 Å². The summed E-state index contributed by atoms with van der Waals surface area (Å²) in [7, 11) is -1.00. The van der Waals surface area contributed by atoms with Crippen molar-refractivity contribution >= 4 is 48.6 Å². The molecule has 0 aliphatic rings. The highest BCUT2D eigenvalue weighted by molar-refractivity contribution is 7.41. The van der Waals surface area contributed by atoms with E-state index in [1.807, 2.05) is 0 Å². The highest BCUT2D eigenvalue weighted by Gasteiger charge is 2.38. The van der Waals surface area contributed by atoms with Gasteiger partial charge in [0.15, 0.2) is 0 Å². The predicted octanol–water partition coefficient (Wildman–Crippen LogP) is 2.92. The minimum Gasteiger partial charge on any atom is -0.356 e. The van der Waals surface area contributed by atoms with E-state index < -0.39 is 32.2 Å².